The van der Waals surface area contributed by atoms with Crippen molar-refractivity contribution in [3.05, 3.63) is 75.2 Å². The van der Waals surface area contributed by atoms with Gasteiger partial charge >= 0.3 is 0 Å². The van der Waals surface area contributed by atoms with Gasteiger partial charge in [0.2, 0.25) is 0 Å². The summed E-state index contributed by atoms with van der Waals surface area (Å²) < 4.78 is 2.18. The van der Waals surface area contributed by atoms with Crippen molar-refractivity contribution in [2.24, 2.45) is 0 Å². The Hall–Kier alpha value is -2.47. The molecule has 104 valence electrons. The molecule has 21 heavy (non-hydrogen) atoms. The van der Waals surface area contributed by atoms with Crippen molar-refractivity contribution in [3.63, 3.8) is 0 Å². The van der Waals surface area contributed by atoms with Crippen LogP contribution in [0.1, 0.15) is 10.4 Å². The van der Waals surface area contributed by atoms with Gasteiger partial charge in [-0.1, -0.05) is 28.1 Å². The predicted molar refractivity (Wildman–Crippen MR) is 83.6 cm³/mol. The molecule has 6 heteroatoms. The van der Waals surface area contributed by atoms with Crippen molar-refractivity contribution < 1.29 is 4.79 Å². The summed E-state index contributed by atoms with van der Waals surface area (Å²) in [6.45, 7) is 0. The number of carbonyl (C=O) groups excluding carboxylic acids is 1. The van der Waals surface area contributed by atoms with Gasteiger partial charge in [-0.05, 0) is 30.3 Å². The molecule has 0 radical (unpaired) electrons. The van der Waals surface area contributed by atoms with E-state index in [-0.39, 0.29) is 5.56 Å². The minimum Gasteiger partial charge on any atom is -0.322 e. The van der Waals surface area contributed by atoms with Crippen LogP contribution in [0.3, 0.4) is 0 Å². The number of halogens is 1. The highest BCUT2D eigenvalue weighted by molar-refractivity contribution is 9.10. The normalized spacial score (nSPS) is 10.5. The van der Waals surface area contributed by atoms with Crippen LogP contribution in [0.25, 0.3) is 5.65 Å². The van der Waals surface area contributed by atoms with E-state index in [1.165, 1.54) is 10.6 Å². The lowest BCUT2D eigenvalue weighted by Gasteiger charge is -2.06. The number of hydrogen-bond donors (Lipinski definition) is 1. The maximum absolute atomic E-state index is 12.3. The van der Waals surface area contributed by atoms with E-state index < -0.39 is 11.5 Å². The Morgan fingerprint density at radius 3 is 2.86 bits per heavy atom. The van der Waals surface area contributed by atoms with E-state index in [1.54, 1.807) is 42.6 Å². The van der Waals surface area contributed by atoms with E-state index in [4.69, 9.17) is 0 Å². The van der Waals surface area contributed by atoms with Crippen molar-refractivity contribution in [1.82, 2.24) is 9.38 Å². The van der Waals surface area contributed by atoms with E-state index in [0.717, 1.165) is 4.47 Å². The molecule has 0 aliphatic rings. The van der Waals surface area contributed by atoms with Crippen molar-refractivity contribution in [1.29, 1.82) is 0 Å². The summed E-state index contributed by atoms with van der Waals surface area (Å²) in [6, 6.07) is 12.3. The topological polar surface area (TPSA) is 63.5 Å². The van der Waals surface area contributed by atoms with Gasteiger partial charge in [0, 0.05) is 22.6 Å². The predicted octanol–water partition coefficient (Wildman–Crippen LogP) is 2.71. The Morgan fingerprint density at radius 1 is 1.19 bits per heavy atom. The van der Waals surface area contributed by atoms with Gasteiger partial charge in [0.05, 0.1) is 0 Å². The molecule has 3 aromatic rings. The molecular weight excluding hydrogens is 334 g/mol. The third-order valence-corrected chi connectivity index (χ3v) is 3.43. The zero-order chi connectivity index (χ0) is 14.8. The Bertz CT molecular complexity index is 889. The highest BCUT2D eigenvalue weighted by atomic mass is 79.9. The minimum atomic E-state index is -0.483. The molecule has 3 rings (SSSR count). The van der Waals surface area contributed by atoms with E-state index >= 15 is 0 Å². The first kappa shape index (κ1) is 13.5. The minimum absolute atomic E-state index is 0.00123. The second-order valence-corrected chi connectivity index (χ2v) is 5.29. The lowest BCUT2D eigenvalue weighted by molar-refractivity contribution is 0.102. The smallest absolute Gasteiger partial charge is 0.270 e. The molecule has 1 amide bonds. The number of pyridine rings is 1. The molecule has 0 aliphatic carbocycles. The maximum atomic E-state index is 12.3. The molecular formula is C15H10BrN3O2. The fraction of sp³-hybridized carbons (Fsp3) is 0. The third-order valence-electron chi connectivity index (χ3n) is 2.94. The van der Waals surface area contributed by atoms with Crippen LogP contribution >= 0.6 is 15.9 Å². The summed E-state index contributed by atoms with van der Waals surface area (Å²) in [5, 5.41) is 2.68. The fourth-order valence-corrected chi connectivity index (χ4v) is 2.35. The van der Waals surface area contributed by atoms with Crippen LogP contribution in [0, 0.1) is 0 Å². The molecule has 0 aliphatic heterocycles. The van der Waals surface area contributed by atoms with Crippen LogP contribution < -0.4 is 10.9 Å². The van der Waals surface area contributed by atoms with Gasteiger partial charge in [-0.15, -0.1) is 0 Å². The van der Waals surface area contributed by atoms with E-state index in [9.17, 15) is 9.59 Å². The summed E-state index contributed by atoms with van der Waals surface area (Å²) in [7, 11) is 0. The summed E-state index contributed by atoms with van der Waals surface area (Å²) in [4.78, 5) is 28.6. The van der Waals surface area contributed by atoms with Gasteiger partial charge in [0.15, 0.2) is 0 Å². The van der Waals surface area contributed by atoms with Gasteiger partial charge in [-0.3, -0.25) is 14.0 Å². The number of nitrogens with zero attached hydrogens (tertiary/aromatic N) is 2. The molecule has 1 N–H and O–H groups in total. The van der Waals surface area contributed by atoms with E-state index in [2.05, 4.69) is 26.2 Å². The van der Waals surface area contributed by atoms with E-state index in [1.807, 2.05) is 6.07 Å². The quantitative estimate of drug-likeness (QED) is 0.778. The first-order valence-corrected chi connectivity index (χ1v) is 6.98. The summed E-state index contributed by atoms with van der Waals surface area (Å²) in [5.74, 6) is -0.483. The van der Waals surface area contributed by atoms with Gasteiger partial charge < -0.3 is 5.32 Å². The number of anilines is 1. The maximum Gasteiger partial charge on any atom is 0.270 e. The van der Waals surface area contributed by atoms with Crippen molar-refractivity contribution in [2.75, 3.05) is 5.32 Å². The molecule has 0 atom stereocenters. The van der Waals surface area contributed by atoms with E-state index in [0.29, 0.717) is 11.3 Å². The van der Waals surface area contributed by atoms with Crippen LogP contribution in [-0.2, 0) is 0 Å². The summed E-state index contributed by atoms with van der Waals surface area (Å²) >= 11 is 3.33. The van der Waals surface area contributed by atoms with Crippen molar-refractivity contribution in [2.45, 2.75) is 0 Å². The van der Waals surface area contributed by atoms with Gasteiger partial charge in [-0.2, -0.15) is 0 Å². The highest BCUT2D eigenvalue weighted by Crippen LogP contribution is 2.16. The average molecular weight is 344 g/mol. The first-order chi connectivity index (χ1) is 10.1. The number of aromatic nitrogens is 2. The van der Waals surface area contributed by atoms with Crippen LogP contribution in [0.5, 0.6) is 0 Å². The number of nitrogens with one attached hydrogen (secondary N) is 1. The number of fused-ring (bicyclic) bond motifs is 1. The molecule has 2 heterocycles. The van der Waals surface area contributed by atoms with Crippen LogP contribution in [0.15, 0.2) is 64.1 Å². The molecule has 0 fully saturated rings. The standard InChI is InChI=1S/C15H10BrN3O2/c16-10-4-3-5-11(8-10)18-14(20)12-9-17-13-6-1-2-7-19(13)15(12)21/h1-9H,(H,18,20). The lowest BCUT2D eigenvalue weighted by atomic mass is 10.2. The van der Waals surface area contributed by atoms with Crippen LogP contribution in [-0.4, -0.2) is 15.3 Å². The molecule has 2 aromatic heterocycles. The number of benzene rings is 1. The monoisotopic (exact) mass is 343 g/mol. The van der Waals surface area contributed by atoms with Crippen molar-refractivity contribution >= 4 is 33.2 Å². The largest absolute Gasteiger partial charge is 0.322 e. The number of rotatable bonds is 2. The summed E-state index contributed by atoms with van der Waals surface area (Å²) in [5.41, 5.74) is 0.709. The fourth-order valence-electron chi connectivity index (χ4n) is 1.95. The van der Waals surface area contributed by atoms with Crippen LogP contribution in [0.4, 0.5) is 5.69 Å². The molecule has 5 nitrogen and oxygen atoms in total. The zero-order valence-corrected chi connectivity index (χ0v) is 12.4. The Balaban J connectivity index is 1.99. The van der Waals surface area contributed by atoms with Gasteiger partial charge in [0.25, 0.3) is 11.5 Å². The lowest BCUT2D eigenvalue weighted by Crippen LogP contribution is -2.26. The van der Waals surface area contributed by atoms with Gasteiger partial charge in [-0.25, -0.2) is 4.98 Å². The molecule has 0 bridgehead atoms. The Kier molecular flexibility index (Phi) is 3.53. The zero-order valence-electron chi connectivity index (χ0n) is 10.8. The number of amides is 1. The Labute approximate surface area is 128 Å². The molecule has 1 aromatic carbocycles. The molecule has 0 unspecified atom stereocenters. The molecule has 0 spiro atoms. The third kappa shape index (κ3) is 2.71. The van der Waals surface area contributed by atoms with Crippen molar-refractivity contribution in [3.8, 4) is 0 Å². The molecule has 0 saturated carbocycles. The average Bonchev–Trinajstić information content (AvgIpc) is 2.48. The SMILES string of the molecule is O=C(Nc1cccc(Br)c1)c1cnc2ccccn2c1=O. The van der Waals surface area contributed by atoms with Gasteiger partial charge in [0.1, 0.15) is 11.2 Å². The highest BCUT2D eigenvalue weighted by Gasteiger charge is 2.13. The Morgan fingerprint density at radius 2 is 2.05 bits per heavy atom. The second kappa shape index (κ2) is 5.49. The molecule has 0 saturated heterocycles. The van der Waals surface area contributed by atoms with Crippen LogP contribution in [0.2, 0.25) is 0 Å². The number of hydrogen-bond acceptors (Lipinski definition) is 3. The first-order valence-electron chi connectivity index (χ1n) is 6.18. The summed E-state index contributed by atoms with van der Waals surface area (Å²) in [6.07, 6.45) is 2.88. The second-order valence-electron chi connectivity index (χ2n) is 4.37. The number of carbonyl (C=O) groups is 1.